The Morgan fingerprint density at radius 2 is 1.85 bits per heavy atom. The van der Waals surface area contributed by atoms with Crippen LogP contribution < -0.4 is 5.73 Å². The number of carbonyl (C=O) groups is 2. The molecule has 1 atom stereocenters. The van der Waals surface area contributed by atoms with Gasteiger partial charge in [0.25, 0.3) is 5.91 Å². The maximum Gasteiger partial charge on any atom is 0.254 e. The van der Waals surface area contributed by atoms with Crippen molar-refractivity contribution in [3.8, 4) is 11.1 Å². The van der Waals surface area contributed by atoms with Gasteiger partial charge in [0, 0.05) is 18.7 Å². The van der Waals surface area contributed by atoms with Crippen LogP contribution in [0.4, 0.5) is 4.39 Å². The molecule has 26 heavy (non-hydrogen) atoms. The fraction of sp³-hybridized carbons (Fsp3) is 0.333. The molecule has 0 aliphatic carbocycles. The van der Waals surface area contributed by atoms with Crippen molar-refractivity contribution in [1.82, 2.24) is 4.90 Å². The summed E-state index contributed by atoms with van der Waals surface area (Å²) in [6, 6.07) is 13.4. The number of nitrogens with two attached hydrogens (primary N) is 1. The highest BCUT2D eigenvalue weighted by Gasteiger charge is 2.40. The van der Waals surface area contributed by atoms with E-state index in [1.165, 1.54) is 12.1 Å². The first kappa shape index (κ1) is 18.1. The zero-order valence-electron chi connectivity index (χ0n) is 14.9. The Hall–Kier alpha value is -2.69. The molecular formula is C21H23FN2O2. The molecule has 2 N–H and O–H groups in total. The van der Waals surface area contributed by atoms with Crippen molar-refractivity contribution in [1.29, 1.82) is 0 Å². The molecule has 0 spiro atoms. The number of nitrogens with zero attached hydrogens (tertiary/aromatic N) is 1. The Morgan fingerprint density at radius 3 is 2.50 bits per heavy atom. The second kappa shape index (κ2) is 7.28. The van der Waals surface area contributed by atoms with Crippen LogP contribution in [0.15, 0.2) is 48.5 Å². The number of rotatable bonds is 4. The molecule has 0 bridgehead atoms. The monoisotopic (exact) mass is 354 g/mol. The molecule has 4 nitrogen and oxygen atoms in total. The van der Waals surface area contributed by atoms with E-state index in [0.717, 1.165) is 17.5 Å². The van der Waals surface area contributed by atoms with Crippen molar-refractivity contribution in [2.45, 2.75) is 26.2 Å². The lowest BCUT2D eigenvalue weighted by molar-refractivity contribution is -0.130. The molecule has 136 valence electrons. The Bertz CT molecular complexity index is 819. The molecule has 0 radical (unpaired) electrons. The molecular weight excluding hydrogens is 331 g/mol. The minimum absolute atomic E-state index is 0.122. The summed E-state index contributed by atoms with van der Waals surface area (Å²) in [5, 5.41) is 0. The van der Waals surface area contributed by atoms with Gasteiger partial charge in [0.15, 0.2) is 0 Å². The van der Waals surface area contributed by atoms with Gasteiger partial charge in [-0.2, -0.15) is 0 Å². The lowest BCUT2D eigenvalue weighted by atomic mass is 9.76. The molecule has 5 heteroatoms. The van der Waals surface area contributed by atoms with Gasteiger partial charge in [-0.05, 0) is 48.6 Å². The summed E-state index contributed by atoms with van der Waals surface area (Å²) < 4.78 is 13.2. The predicted octanol–water partition coefficient (Wildman–Crippen LogP) is 3.61. The highest BCUT2D eigenvalue weighted by molar-refractivity contribution is 6.01. The van der Waals surface area contributed by atoms with Crippen LogP contribution in [-0.2, 0) is 4.79 Å². The van der Waals surface area contributed by atoms with Gasteiger partial charge in [0.05, 0.1) is 5.41 Å². The van der Waals surface area contributed by atoms with E-state index in [4.69, 9.17) is 5.73 Å². The molecule has 0 unspecified atom stereocenters. The Balaban J connectivity index is 1.93. The lowest BCUT2D eigenvalue weighted by Crippen LogP contribution is -2.52. The molecule has 2 aromatic carbocycles. The standard InChI is InChI=1S/C21H23FN2O2/c1-2-21(20(23)26)12-5-13-24(14-21)19(25)18-7-4-3-6-17(18)15-8-10-16(22)11-9-15/h3-4,6-11H,2,5,12-14H2,1H3,(H2,23,26)/t21-/m0/s1. The summed E-state index contributed by atoms with van der Waals surface area (Å²) in [5.41, 5.74) is 7.07. The van der Waals surface area contributed by atoms with Crippen LogP contribution in [0, 0.1) is 11.2 Å². The summed E-state index contributed by atoms with van der Waals surface area (Å²) >= 11 is 0. The van der Waals surface area contributed by atoms with Gasteiger partial charge < -0.3 is 10.6 Å². The van der Waals surface area contributed by atoms with Crippen molar-refractivity contribution in [3.63, 3.8) is 0 Å². The van der Waals surface area contributed by atoms with Gasteiger partial charge in [-0.25, -0.2) is 4.39 Å². The molecule has 1 fully saturated rings. The van der Waals surface area contributed by atoms with E-state index in [2.05, 4.69) is 0 Å². The molecule has 1 aliphatic rings. The summed E-state index contributed by atoms with van der Waals surface area (Å²) in [6.45, 7) is 2.88. The average Bonchev–Trinajstić information content (AvgIpc) is 2.68. The topological polar surface area (TPSA) is 63.4 Å². The van der Waals surface area contributed by atoms with E-state index in [0.29, 0.717) is 31.5 Å². The largest absolute Gasteiger partial charge is 0.369 e. The maximum atomic E-state index is 13.2. The molecule has 1 saturated heterocycles. The first-order chi connectivity index (χ1) is 12.5. The normalized spacial score (nSPS) is 20.0. The van der Waals surface area contributed by atoms with Crippen LogP contribution in [-0.4, -0.2) is 29.8 Å². The number of primary amides is 1. The second-order valence-corrected chi connectivity index (χ2v) is 6.88. The summed E-state index contributed by atoms with van der Waals surface area (Å²) in [6.07, 6.45) is 2.08. The molecule has 0 aromatic heterocycles. The molecule has 3 rings (SSSR count). The Kier molecular flexibility index (Phi) is 5.07. The molecule has 1 heterocycles. The van der Waals surface area contributed by atoms with E-state index >= 15 is 0 Å². The number of piperidine rings is 1. The van der Waals surface area contributed by atoms with Crippen molar-refractivity contribution in [2.24, 2.45) is 11.1 Å². The van der Waals surface area contributed by atoms with E-state index in [9.17, 15) is 14.0 Å². The van der Waals surface area contributed by atoms with Gasteiger partial charge in [-0.15, -0.1) is 0 Å². The fourth-order valence-electron chi connectivity index (χ4n) is 3.69. The highest BCUT2D eigenvalue weighted by atomic mass is 19.1. The first-order valence-corrected chi connectivity index (χ1v) is 8.91. The minimum Gasteiger partial charge on any atom is -0.369 e. The summed E-state index contributed by atoms with van der Waals surface area (Å²) in [4.78, 5) is 26.9. The van der Waals surface area contributed by atoms with Crippen LogP contribution >= 0.6 is 0 Å². The minimum atomic E-state index is -0.654. The van der Waals surface area contributed by atoms with Crippen molar-refractivity contribution in [2.75, 3.05) is 13.1 Å². The van der Waals surface area contributed by atoms with Crippen LogP contribution in [0.25, 0.3) is 11.1 Å². The summed E-state index contributed by atoms with van der Waals surface area (Å²) in [5.74, 6) is -0.782. The van der Waals surface area contributed by atoms with E-state index in [1.54, 1.807) is 23.1 Å². The highest BCUT2D eigenvalue weighted by Crippen LogP contribution is 2.34. The Labute approximate surface area is 152 Å². The van der Waals surface area contributed by atoms with Crippen LogP contribution in [0.2, 0.25) is 0 Å². The number of amides is 2. The van der Waals surface area contributed by atoms with Crippen LogP contribution in [0.3, 0.4) is 0 Å². The third-order valence-electron chi connectivity index (χ3n) is 5.38. The molecule has 0 saturated carbocycles. The van der Waals surface area contributed by atoms with E-state index in [1.807, 2.05) is 25.1 Å². The quantitative estimate of drug-likeness (QED) is 0.912. The maximum absolute atomic E-state index is 13.2. The number of likely N-dealkylation sites (tertiary alicyclic amines) is 1. The number of halogens is 1. The zero-order valence-corrected chi connectivity index (χ0v) is 14.9. The van der Waals surface area contributed by atoms with E-state index in [-0.39, 0.29) is 17.6 Å². The number of hydrogen-bond donors (Lipinski definition) is 1. The van der Waals surface area contributed by atoms with Crippen LogP contribution in [0.1, 0.15) is 36.5 Å². The number of benzene rings is 2. The number of hydrogen-bond acceptors (Lipinski definition) is 2. The second-order valence-electron chi connectivity index (χ2n) is 6.88. The lowest BCUT2D eigenvalue weighted by Gasteiger charge is -2.40. The van der Waals surface area contributed by atoms with Gasteiger partial charge >= 0.3 is 0 Å². The Morgan fingerprint density at radius 1 is 1.15 bits per heavy atom. The predicted molar refractivity (Wildman–Crippen MR) is 98.9 cm³/mol. The third kappa shape index (κ3) is 3.34. The van der Waals surface area contributed by atoms with Gasteiger partial charge in [-0.3, -0.25) is 9.59 Å². The number of carbonyl (C=O) groups excluding carboxylic acids is 2. The van der Waals surface area contributed by atoms with Crippen LogP contribution in [0.5, 0.6) is 0 Å². The SMILES string of the molecule is CC[C@]1(C(N)=O)CCCN(C(=O)c2ccccc2-c2ccc(F)cc2)C1. The van der Waals surface area contributed by atoms with Gasteiger partial charge in [-0.1, -0.05) is 37.3 Å². The zero-order chi connectivity index (χ0) is 18.7. The third-order valence-corrected chi connectivity index (χ3v) is 5.38. The van der Waals surface area contributed by atoms with Crippen molar-refractivity contribution < 1.29 is 14.0 Å². The smallest absolute Gasteiger partial charge is 0.254 e. The molecule has 2 aromatic rings. The average molecular weight is 354 g/mol. The van der Waals surface area contributed by atoms with E-state index < -0.39 is 5.41 Å². The van der Waals surface area contributed by atoms with Crippen molar-refractivity contribution in [3.05, 3.63) is 59.9 Å². The van der Waals surface area contributed by atoms with Crippen molar-refractivity contribution >= 4 is 11.8 Å². The molecule has 1 aliphatic heterocycles. The van der Waals surface area contributed by atoms with Gasteiger partial charge in [0.2, 0.25) is 5.91 Å². The molecule has 2 amide bonds. The first-order valence-electron chi connectivity index (χ1n) is 8.91. The summed E-state index contributed by atoms with van der Waals surface area (Å²) in [7, 11) is 0. The fourth-order valence-corrected chi connectivity index (χ4v) is 3.69. The van der Waals surface area contributed by atoms with Gasteiger partial charge in [0.1, 0.15) is 5.82 Å².